The van der Waals surface area contributed by atoms with E-state index in [1.807, 2.05) is 55.7 Å². The normalized spacial score (nSPS) is 13.4. The number of ether oxygens (including phenoxy) is 1. The Balaban J connectivity index is 0.000000215. The van der Waals surface area contributed by atoms with Gasteiger partial charge in [0, 0.05) is 52.9 Å². The number of anilines is 3. The van der Waals surface area contributed by atoms with Crippen molar-refractivity contribution in [1.82, 2.24) is 39.3 Å². The van der Waals surface area contributed by atoms with Crippen LogP contribution in [0.4, 0.5) is 70.1 Å². The summed E-state index contributed by atoms with van der Waals surface area (Å²) >= 11 is 50.8. The van der Waals surface area contributed by atoms with Crippen molar-refractivity contribution in [3.8, 4) is 46.5 Å². The minimum atomic E-state index is -5.09. The van der Waals surface area contributed by atoms with Crippen molar-refractivity contribution in [2.45, 2.75) is 107 Å². The Morgan fingerprint density at radius 3 is 1.41 bits per heavy atom. The van der Waals surface area contributed by atoms with Gasteiger partial charge in [0.2, 0.25) is 0 Å². The second-order valence-electron chi connectivity index (χ2n) is 26.8. The van der Waals surface area contributed by atoms with Crippen LogP contribution >= 0.6 is 109 Å². The molecule has 6 aromatic carbocycles. The van der Waals surface area contributed by atoms with Crippen LogP contribution in [0.5, 0.6) is 0 Å². The third-order valence-corrected chi connectivity index (χ3v) is 23.2. The van der Waals surface area contributed by atoms with Gasteiger partial charge < -0.3 is 32.2 Å². The van der Waals surface area contributed by atoms with Crippen molar-refractivity contribution in [3.63, 3.8) is 0 Å². The average molecular weight is 1990 g/mol. The van der Waals surface area contributed by atoms with Crippen LogP contribution in [0.25, 0.3) is 40.5 Å². The monoisotopic (exact) mass is 1990 g/mol. The zero-order valence-electron chi connectivity index (χ0n) is 64.9. The van der Waals surface area contributed by atoms with Crippen molar-refractivity contribution in [3.05, 3.63) is 234 Å². The molecule has 0 amide bonds. The van der Waals surface area contributed by atoms with Crippen LogP contribution in [0.2, 0.25) is 35.2 Å². The molecule has 0 saturated carbocycles. The Bertz CT molecular complexity index is 5810. The average Bonchev–Trinajstić information content (AvgIpc) is 1.58. The molecular weight excluding hydrogens is 1920 g/mol. The van der Waals surface area contributed by atoms with Crippen LogP contribution in [0.15, 0.2) is 146 Å². The first-order valence-electron chi connectivity index (χ1n) is 34.9. The largest absolute Gasteiger partial charge is 0.476 e. The predicted molar refractivity (Wildman–Crippen MR) is 467 cm³/mol. The summed E-state index contributed by atoms with van der Waals surface area (Å²) in [6.07, 6.45) is 0.752. The van der Waals surface area contributed by atoms with E-state index in [4.69, 9.17) is 119 Å². The van der Waals surface area contributed by atoms with Gasteiger partial charge >= 0.3 is 23.4 Å². The quantitative estimate of drug-likeness (QED) is 0.0245. The smallest absolute Gasteiger partial charge is 0.388 e. The number of nitriles is 3. The molecule has 9 N–H and O–H groups in total. The lowest BCUT2D eigenvalue weighted by Crippen LogP contribution is -2.29. The molecule has 11 rings (SSSR count). The highest BCUT2D eigenvalue weighted by Crippen LogP contribution is 2.42. The Morgan fingerprint density at radius 2 is 1.03 bits per heavy atom. The zero-order chi connectivity index (χ0) is 92.0. The van der Waals surface area contributed by atoms with E-state index in [2.05, 4.69) is 78.9 Å². The van der Waals surface area contributed by atoms with Gasteiger partial charge in [0.15, 0.2) is 33.0 Å². The molecule has 0 saturated heterocycles. The summed E-state index contributed by atoms with van der Waals surface area (Å²) in [7, 11) is -8.13. The molecule has 0 radical (unpaired) electrons. The van der Waals surface area contributed by atoms with Gasteiger partial charge in [-0.25, -0.2) is 22.5 Å². The van der Waals surface area contributed by atoms with Gasteiger partial charge in [0.1, 0.15) is 85.8 Å². The molecule has 3 unspecified atom stereocenters. The number of nitrogens with one attached hydrogen (secondary N) is 1. The predicted octanol–water partition coefficient (Wildman–Crippen LogP) is 22.1. The first-order valence-corrected chi connectivity index (χ1v) is 42.8. The van der Waals surface area contributed by atoms with Gasteiger partial charge in [-0.05, 0) is 181 Å². The molecule has 652 valence electrons. The molecule has 3 atom stereocenters. The molecular formula is C78H67BrCl7F12N17O4S4. The lowest BCUT2D eigenvalue weighted by molar-refractivity contribution is -0.138. The number of halogens is 20. The molecule has 4 aromatic heterocycles. The van der Waals surface area contributed by atoms with Gasteiger partial charge in [-0.15, -0.1) is 0 Å². The first kappa shape index (κ1) is 101. The number of aryl methyl sites for hydroxylation is 3. The molecule has 1 aliphatic heterocycles. The molecule has 123 heavy (non-hydrogen) atoms. The van der Waals surface area contributed by atoms with E-state index >= 15 is 0 Å². The Hall–Kier alpha value is -9.31. The number of rotatable bonds is 17. The number of nitrogen functional groups attached to an aromatic ring is 3. The van der Waals surface area contributed by atoms with Crippen LogP contribution < -0.4 is 28.4 Å². The summed E-state index contributed by atoms with van der Waals surface area (Å²) in [5, 5.41) is 45.2. The fraction of sp³-hybridized carbons (Fsp3) is 0.244. The molecule has 5 heterocycles. The van der Waals surface area contributed by atoms with E-state index in [-0.39, 0.29) is 54.1 Å². The van der Waals surface area contributed by atoms with E-state index < -0.39 is 105 Å². The summed E-state index contributed by atoms with van der Waals surface area (Å²) in [6.45, 7) is 15.1. The van der Waals surface area contributed by atoms with Crippen LogP contribution in [0, 0.1) is 67.1 Å². The molecule has 0 aliphatic carbocycles. The fourth-order valence-electron chi connectivity index (χ4n) is 11.0. The van der Waals surface area contributed by atoms with Crippen molar-refractivity contribution < 1.29 is 70.0 Å². The summed E-state index contributed by atoms with van der Waals surface area (Å²) in [6, 6.07) is 31.9. The van der Waals surface area contributed by atoms with Crippen LogP contribution in [0.3, 0.4) is 0 Å². The highest BCUT2D eigenvalue weighted by atomic mass is 79.9. The maximum Gasteiger partial charge on any atom is 0.476 e. The van der Waals surface area contributed by atoms with Crippen molar-refractivity contribution in [1.29, 1.82) is 15.8 Å². The highest BCUT2D eigenvalue weighted by molar-refractivity contribution is 9.10. The van der Waals surface area contributed by atoms with Crippen LogP contribution in [-0.2, 0) is 62.0 Å². The number of hydrazone groups is 1. The number of hydrogen-bond acceptors (Lipinski definition) is 17. The lowest BCUT2D eigenvalue weighted by atomic mass is 9.86. The van der Waals surface area contributed by atoms with E-state index in [9.17, 15) is 70.6 Å². The lowest BCUT2D eigenvalue weighted by Gasteiger charge is -2.27. The Labute approximate surface area is 752 Å². The van der Waals surface area contributed by atoms with Crippen molar-refractivity contribution >= 4 is 188 Å². The Morgan fingerprint density at radius 1 is 0.626 bits per heavy atom. The highest BCUT2D eigenvalue weighted by Gasteiger charge is 2.44. The number of allylic oxidation sites excluding steroid dienone is 2. The fourth-order valence-corrected chi connectivity index (χ4v) is 16.4. The van der Waals surface area contributed by atoms with E-state index in [0.29, 0.717) is 85.6 Å². The summed E-state index contributed by atoms with van der Waals surface area (Å²) < 4.78 is 199. The van der Waals surface area contributed by atoms with E-state index in [1.165, 1.54) is 65.5 Å². The van der Waals surface area contributed by atoms with E-state index in [0.717, 1.165) is 73.5 Å². The van der Waals surface area contributed by atoms with Crippen molar-refractivity contribution in [2.75, 3.05) is 36.6 Å². The number of amidine groups is 1. The van der Waals surface area contributed by atoms with E-state index in [1.54, 1.807) is 50.3 Å². The SMILES string of the molecule is CC1(C)CCC(NN=C(C=Cc2ccc(C(F)(F)F)cc2)C=Cc2ccc(C(F)(F)F)cc2)=NC1.CCOCn1c(C)c(Br)c(C#N)c1-c1ccc(Cl)cc1.Cc1cc(Cl)c(-n2nc(C#N)c(CS(C)=O)c2N)c(Cl)c1.Cc1cc(Cl)c(-n2nc(C#N)c(S(=O)C(F)(F)F)c2N)c(Cl)c1.Cc1cc(Cl)c(-n2nc(C(N)=S)c(S(=O)C(F)(F)F)c2N)c(Cl)c1. The number of hydrogen-bond donors (Lipinski definition) is 5. The standard InChI is InChI=1S/C26H25F6N3.C15H14BrClN2O.C13H12Cl2N4OS.C12H9Cl2F3N4OS2.C12H7Cl2F3N4OS/c1-24(2)16-15-23(33-17-24)35-34-22(13-7-18-3-9-20(10-4-18)25(27,28)29)14-8-19-5-11-21(12-6-19)26(30,31)32;1-3-20-9-19-10(2)14(16)13(8-18)15(19)11-4-6-12(17)7-5-11;1-7-3-9(14)12(10(15)4-7)19-13(17)8(6-21(2)20)11(5-16)18-19;1-4-2-5(13)8(6(14)3-4)21-10(18)9(7(20-21)11(19)23)24(22)12(15,16)17;1-5-2-6(13)9(7(14)3-5)21-11(19)10(8(4-18)20-21)23(22)12(15,16)17/h3-14H,15-17H2,1-2H3,(H,33,35);4-7H,3,9H2,1-2H3;3-4H,6,17H2,1-2H3;2-3H,18H2,1H3,(H2,19,23);2-3H,19H2,1H3. The van der Waals surface area contributed by atoms with Crippen molar-refractivity contribution in [2.24, 2.45) is 21.2 Å². The number of aromatic nitrogens is 7. The number of benzene rings is 6. The molecule has 1 aliphatic rings. The van der Waals surface area contributed by atoms with Gasteiger partial charge in [0.05, 0.1) is 68.5 Å². The maximum absolute atomic E-state index is 12.9. The molecule has 45 heteroatoms. The van der Waals surface area contributed by atoms with Crippen LogP contribution in [-0.4, -0.2) is 93.5 Å². The van der Waals surface area contributed by atoms with Gasteiger partial charge in [0.25, 0.3) is 0 Å². The number of thiocarbonyl (C=S) groups is 1. The third-order valence-electron chi connectivity index (χ3n) is 17.0. The van der Waals surface area contributed by atoms with Gasteiger partial charge in [-0.3, -0.25) is 14.6 Å². The second-order valence-corrected chi connectivity index (χ2v) is 35.2. The molecule has 0 fully saturated rings. The van der Waals surface area contributed by atoms with Gasteiger partial charge in [-0.1, -0.05) is 156 Å². The third kappa shape index (κ3) is 26.2. The number of alkyl halides is 12. The zero-order valence-corrected chi connectivity index (χ0v) is 75.1. The Kier molecular flexibility index (Phi) is 34.9. The minimum Gasteiger partial charge on any atom is -0.388 e. The maximum atomic E-state index is 12.9. The number of nitrogens with zero attached hydrogens (tertiary/aromatic N) is 12. The molecule has 0 bridgehead atoms. The number of aliphatic imine (C=N–C) groups is 1. The molecule has 10 aromatic rings. The summed E-state index contributed by atoms with van der Waals surface area (Å²) in [5.41, 5.74) is 21.1. The van der Waals surface area contributed by atoms with Crippen LogP contribution in [0.1, 0.15) is 106 Å². The summed E-state index contributed by atoms with van der Waals surface area (Å²) in [5.74, 6) is -0.108. The molecule has 21 nitrogen and oxygen atoms in total. The number of nitrogens with two attached hydrogens (primary N) is 4. The minimum absolute atomic E-state index is 0.00152. The second kappa shape index (κ2) is 42.6. The summed E-state index contributed by atoms with van der Waals surface area (Å²) in [4.78, 5) is 2.25. The van der Waals surface area contributed by atoms with Gasteiger partial charge in [-0.2, -0.15) is 88.9 Å². The first-order chi connectivity index (χ1) is 57.3. The topological polar surface area (TPSA) is 331 Å². The molecule has 0 spiro atoms.